The number of amides is 3. The predicted molar refractivity (Wildman–Crippen MR) is 89.6 cm³/mol. The normalized spacial score (nSPS) is 20.1. The van der Waals surface area contributed by atoms with Crippen LogP contribution in [-0.4, -0.2) is 30.6 Å². The molecule has 130 valence electrons. The quantitative estimate of drug-likeness (QED) is 0.830. The van der Waals surface area contributed by atoms with Gasteiger partial charge in [0, 0.05) is 6.04 Å². The topological polar surface area (TPSA) is 84.5 Å². The number of rotatable bonds is 4. The van der Waals surface area contributed by atoms with Crippen molar-refractivity contribution in [1.82, 2.24) is 10.6 Å². The molecular formula is C18H24N2O4. The molecule has 1 aliphatic carbocycles. The van der Waals surface area contributed by atoms with Gasteiger partial charge in [-0.2, -0.15) is 0 Å². The highest BCUT2D eigenvalue weighted by atomic mass is 16.5. The molecule has 0 spiro atoms. The number of ether oxygens (including phenoxy) is 1. The third-order valence-electron chi connectivity index (χ3n) is 4.38. The molecule has 0 aromatic heterocycles. The zero-order chi connectivity index (χ0) is 17.5. The number of aryl methyl sites for hydroxylation is 1. The number of carbonyl (C=O) groups is 3. The van der Waals surface area contributed by atoms with Crippen LogP contribution in [0.1, 0.15) is 48.5 Å². The standard InChI is InChI=1S/C18H24N2O4/c1-12-7-3-5-9-14(12)17(22)24-11-16(21)20-18(23)19-15-10-6-4-8-13(15)2/h3,5,7,9,13,15H,4,6,8,10-11H2,1-2H3,(H2,19,20,21,23)/t13-,15-/m0/s1. The molecular weight excluding hydrogens is 308 g/mol. The van der Waals surface area contributed by atoms with Crippen molar-refractivity contribution < 1.29 is 19.1 Å². The molecule has 3 amide bonds. The van der Waals surface area contributed by atoms with Crippen LogP contribution in [0.2, 0.25) is 0 Å². The first-order valence-corrected chi connectivity index (χ1v) is 8.30. The van der Waals surface area contributed by atoms with E-state index < -0.39 is 24.5 Å². The van der Waals surface area contributed by atoms with E-state index in [1.807, 2.05) is 6.07 Å². The first-order valence-electron chi connectivity index (χ1n) is 8.30. The van der Waals surface area contributed by atoms with E-state index in [1.165, 1.54) is 6.42 Å². The molecule has 6 nitrogen and oxygen atoms in total. The fraction of sp³-hybridized carbons (Fsp3) is 0.500. The predicted octanol–water partition coefficient (Wildman–Crippen LogP) is 2.56. The lowest BCUT2D eigenvalue weighted by Crippen LogP contribution is -2.48. The fourth-order valence-corrected chi connectivity index (χ4v) is 2.91. The summed E-state index contributed by atoms with van der Waals surface area (Å²) in [7, 11) is 0. The summed E-state index contributed by atoms with van der Waals surface area (Å²) >= 11 is 0. The molecule has 1 aliphatic rings. The van der Waals surface area contributed by atoms with E-state index in [0.29, 0.717) is 11.5 Å². The van der Waals surface area contributed by atoms with Gasteiger partial charge in [-0.3, -0.25) is 10.1 Å². The molecule has 0 heterocycles. The van der Waals surface area contributed by atoms with Gasteiger partial charge < -0.3 is 10.1 Å². The van der Waals surface area contributed by atoms with Crippen molar-refractivity contribution in [3.8, 4) is 0 Å². The number of carbonyl (C=O) groups excluding carboxylic acids is 3. The van der Waals surface area contributed by atoms with Crippen molar-refractivity contribution in [2.24, 2.45) is 5.92 Å². The second kappa shape index (κ2) is 8.47. The third kappa shape index (κ3) is 5.08. The lowest BCUT2D eigenvalue weighted by Gasteiger charge is -2.29. The van der Waals surface area contributed by atoms with Crippen LogP contribution >= 0.6 is 0 Å². The van der Waals surface area contributed by atoms with Crippen molar-refractivity contribution in [1.29, 1.82) is 0 Å². The van der Waals surface area contributed by atoms with Crippen molar-refractivity contribution in [3.05, 3.63) is 35.4 Å². The minimum Gasteiger partial charge on any atom is -0.452 e. The van der Waals surface area contributed by atoms with E-state index in [4.69, 9.17) is 4.74 Å². The van der Waals surface area contributed by atoms with Crippen LogP contribution < -0.4 is 10.6 Å². The first-order chi connectivity index (χ1) is 11.5. The molecule has 0 radical (unpaired) electrons. The molecule has 0 saturated heterocycles. The number of imide groups is 1. The summed E-state index contributed by atoms with van der Waals surface area (Å²) < 4.78 is 4.95. The summed E-state index contributed by atoms with van der Waals surface area (Å²) in [6, 6.07) is 6.51. The molecule has 1 aromatic carbocycles. The van der Waals surface area contributed by atoms with E-state index in [9.17, 15) is 14.4 Å². The van der Waals surface area contributed by atoms with Gasteiger partial charge in [-0.25, -0.2) is 9.59 Å². The van der Waals surface area contributed by atoms with Crippen LogP contribution in [0.15, 0.2) is 24.3 Å². The van der Waals surface area contributed by atoms with Crippen molar-refractivity contribution >= 4 is 17.9 Å². The summed E-state index contributed by atoms with van der Waals surface area (Å²) in [5, 5.41) is 5.02. The van der Waals surface area contributed by atoms with Gasteiger partial charge >= 0.3 is 12.0 Å². The Labute approximate surface area is 142 Å². The highest BCUT2D eigenvalue weighted by molar-refractivity contribution is 5.97. The summed E-state index contributed by atoms with van der Waals surface area (Å²) in [5.74, 6) is -0.819. The van der Waals surface area contributed by atoms with Crippen LogP contribution in [0.3, 0.4) is 0 Å². The summed E-state index contributed by atoms with van der Waals surface area (Å²) in [5.41, 5.74) is 1.18. The molecule has 1 fully saturated rings. The van der Waals surface area contributed by atoms with Crippen LogP contribution in [0.4, 0.5) is 4.79 Å². The van der Waals surface area contributed by atoms with Gasteiger partial charge in [0.1, 0.15) is 0 Å². The molecule has 2 atom stereocenters. The summed E-state index contributed by atoms with van der Waals surface area (Å²) in [6.07, 6.45) is 4.25. The minimum atomic E-state index is -0.641. The second-order valence-corrected chi connectivity index (χ2v) is 6.28. The van der Waals surface area contributed by atoms with Gasteiger partial charge in [0.15, 0.2) is 6.61 Å². The molecule has 0 aliphatic heterocycles. The van der Waals surface area contributed by atoms with Gasteiger partial charge in [-0.05, 0) is 37.3 Å². The summed E-state index contributed by atoms with van der Waals surface area (Å²) in [6.45, 7) is 3.39. The van der Waals surface area contributed by atoms with Gasteiger partial charge in [0.2, 0.25) is 0 Å². The first kappa shape index (κ1) is 18.0. The van der Waals surface area contributed by atoms with Crippen LogP contribution in [-0.2, 0) is 9.53 Å². The molecule has 2 N–H and O–H groups in total. The fourth-order valence-electron chi connectivity index (χ4n) is 2.91. The SMILES string of the molecule is Cc1ccccc1C(=O)OCC(=O)NC(=O)N[C@H]1CCCC[C@@H]1C. The Morgan fingerprint density at radius 1 is 1.17 bits per heavy atom. The van der Waals surface area contributed by atoms with Gasteiger partial charge in [0.05, 0.1) is 5.56 Å². The average Bonchev–Trinajstić information content (AvgIpc) is 2.55. The highest BCUT2D eigenvalue weighted by Gasteiger charge is 2.23. The number of esters is 1. The van der Waals surface area contributed by atoms with E-state index in [-0.39, 0.29) is 6.04 Å². The Kier molecular flexibility index (Phi) is 6.35. The monoisotopic (exact) mass is 332 g/mol. The van der Waals surface area contributed by atoms with Crippen LogP contribution in [0.5, 0.6) is 0 Å². The molecule has 24 heavy (non-hydrogen) atoms. The van der Waals surface area contributed by atoms with E-state index in [1.54, 1.807) is 25.1 Å². The van der Waals surface area contributed by atoms with Crippen LogP contribution in [0.25, 0.3) is 0 Å². The van der Waals surface area contributed by atoms with Gasteiger partial charge in [0.25, 0.3) is 5.91 Å². The Bertz CT molecular complexity index is 615. The van der Waals surface area contributed by atoms with Crippen LogP contribution in [0, 0.1) is 12.8 Å². The largest absolute Gasteiger partial charge is 0.452 e. The maximum absolute atomic E-state index is 11.9. The number of hydrogen-bond acceptors (Lipinski definition) is 4. The Morgan fingerprint density at radius 2 is 1.88 bits per heavy atom. The number of benzene rings is 1. The zero-order valence-electron chi connectivity index (χ0n) is 14.1. The van der Waals surface area contributed by atoms with Gasteiger partial charge in [-0.15, -0.1) is 0 Å². The number of urea groups is 1. The second-order valence-electron chi connectivity index (χ2n) is 6.28. The molecule has 6 heteroatoms. The molecule has 1 saturated carbocycles. The lowest BCUT2D eigenvalue weighted by molar-refractivity contribution is -0.123. The van der Waals surface area contributed by atoms with Gasteiger partial charge in [-0.1, -0.05) is 38.0 Å². The van der Waals surface area contributed by atoms with Crippen molar-refractivity contribution in [2.45, 2.75) is 45.6 Å². The van der Waals surface area contributed by atoms with E-state index in [2.05, 4.69) is 17.6 Å². The Morgan fingerprint density at radius 3 is 2.58 bits per heavy atom. The summed E-state index contributed by atoms with van der Waals surface area (Å²) in [4.78, 5) is 35.5. The highest BCUT2D eigenvalue weighted by Crippen LogP contribution is 2.23. The Hall–Kier alpha value is -2.37. The minimum absolute atomic E-state index is 0.0843. The Balaban J connectivity index is 1.75. The third-order valence-corrected chi connectivity index (χ3v) is 4.38. The lowest BCUT2D eigenvalue weighted by atomic mass is 9.86. The smallest absolute Gasteiger partial charge is 0.338 e. The number of nitrogens with one attached hydrogen (secondary N) is 2. The zero-order valence-corrected chi connectivity index (χ0v) is 14.1. The molecule has 1 aromatic rings. The maximum atomic E-state index is 11.9. The number of hydrogen-bond donors (Lipinski definition) is 2. The van der Waals surface area contributed by atoms with Crippen molar-refractivity contribution in [3.63, 3.8) is 0 Å². The molecule has 2 rings (SSSR count). The van der Waals surface area contributed by atoms with E-state index in [0.717, 1.165) is 24.8 Å². The molecule has 0 unspecified atom stereocenters. The molecule has 0 bridgehead atoms. The van der Waals surface area contributed by atoms with Crippen molar-refractivity contribution in [2.75, 3.05) is 6.61 Å². The van der Waals surface area contributed by atoms with E-state index >= 15 is 0 Å². The average molecular weight is 332 g/mol. The maximum Gasteiger partial charge on any atom is 0.338 e.